The van der Waals surface area contributed by atoms with Gasteiger partial charge in [0.1, 0.15) is 18.5 Å². The second kappa shape index (κ2) is 8.53. The van der Waals surface area contributed by atoms with E-state index in [4.69, 9.17) is 4.74 Å². The van der Waals surface area contributed by atoms with Gasteiger partial charge in [-0.25, -0.2) is 0 Å². The van der Waals surface area contributed by atoms with Gasteiger partial charge in [-0.05, 0) is 48.7 Å². The molecule has 3 N–H and O–H groups in total. The minimum atomic E-state index is -0.615. The number of fused-ring (bicyclic) bond motifs is 1. The summed E-state index contributed by atoms with van der Waals surface area (Å²) in [5.74, 6) is 0.746. The molecule has 2 aromatic rings. The van der Waals surface area contributed by atoms with Gasteiger partial charge in [0.05, 0.1) is 6.61 Å². The van der Waals surface area contributed by atoms with Crippen LogP contribution in [0.3, 0.4) is 0 Å². The van der Waals surface area contributed by atoms with E-state index in [1.165, 1.54) is 0 Å². The maximum absolute atomic E-state index is 11.5. The Kier molecular flexibility index (Phi) is 5.85. The molecule has 1 amide bonds. The standard InChI is InChI=1S/C23H28N2O4/c26-16-23(18-4-2-1-3-5-18)10-11-25(15-23)13-19(27)14-29-20-7-8-21-17(12-20)6-9-22(28)24-21/h1-5,7-8,12,19,26-27H,6,9-11,13-16H2,(H,24,28). The minimum Gasteiger partial charge on any atom is -0.491 e. The summed E-state index contributed by atoms with van der Waals surface area (Å²) in [5, 5.41) is 23.4. The number of β-amino-alcohol motifs (C(OH)–C–C–N with tert-alkyl or cyclic N) is 1. The summed E-state index contributed by atoms with van der Waals surface area (Å²) in [6.45, 7) is 2.38. The van der Waals surface area contributed by atoms with Crippen molar-refractivity contribution in [2.45, 2.75) is 30.8 Å². The molecule has 2 aromatic carbocycles. The first-order chi connectivity index (χ1) is 14.1. The molecule has 2 atom stereocenters. The summed E-state index contributed by atoms with van der Waals surface area (Å²) in [6, 6.07) is 15.7. The molecule has 4 rings (SSSR count). The molecule has 6 nitrogen and oxygen atoms in total. The molecule has 0 saturated carbocycles. The molecule has 1 fully saturated rings. The molecular formula is C23H28N2O4. The van der Waals surface area contributed by atoms with Crippen LogP contribution in [-0.2, 0) is 16.6 Å². The highest BCUT2D eigenvalue weighted by atomic mass is 16.5. The molecule has 2 unspecified atom stereocenters. The quantitative estimate of drug-likeness (QED) is 0.666. The first-order valence-corrected chi connectivity index (χ1v) is 10.2. The number of ether oxygens (including phenoxy) is 1. The molecule has 0 aromatic heterocycles. The molecule has 154 valence electrons. The van der Waals surface area contributed by atoms with Gasteiger partial charge in [0.25, 0.3) is 0 Å². The van der Waals surface area contributed by atoms with Crippen LogP contribution >= 0.6 is 0 Å². The highest BCUT2D eigenvalue weighted by Gasteiger charge is 2.39. The zero-order valence-corrected chi connectivity index (χ0v) is 16.5. The number of nitrogens with zero attached hydrogens (tertiary/aromatic N) is 1. The van der Waals surface area contributed by atoms with Crippen LogP contribution in [0.2, 0.25) is 0 Å². The van der Waals surface area contributed by atoms with E-state index < -0.39 is 6.10 Å². The van der Waals surface area contributed by atoms with Crippen molar-refractivity contribution in [3.8, 4) is 5.75 Å². The number of likely N-dealkylation sites (tertiary alicyclic amines) is 1. The summed E-state index contributed by atoms with van der Waals surface area (Å²) < 4.78 is 5.80. The van der Waals surface area contributed by atoms with Crippen LogP contribution < -0.4 is 10.1 Å². The largest absolute Gasteiger partial charge is 0.491 e. The van der Waals surface area contributed by atoms with Crippen LogP contribution in [-0.4, -0.2) is 60.0 Å². The van der Waals surface area contributed by atoms with Gasteiger partial charge in [-0.2, -0.15) is 0 Å². The zero-order chi connectivity index (χ0) is 20.3. The van der Waals surface area contributed by atoms with Gasteiger partial charge < -0.3 is 20.3 Å². The van der Waals surface area contributed by atoms with E-state index in [1.54, 1.807) is 0 Å². The number of hydrogen-bond donors (Lipinski definition) is 3. The molecule has 0 radical (unpaired) electrons. The molecule has 2 heterocycles. The van der Waals surface area contributed by atoms with Crippen molar-refractivity contribution in [1.29, 1.82) is 0 Å². The maximum Gasteiger partial charge on any atom is 0.224 e. The number of amides is 1. The fourth-order valence-electron chi connectivity index (χ4n) is 4.35. The van der Waals surface area contributed by atoms with Crippen molar-refractivity contribution in [2.75, 3.05) is 38.2 Å². The van der Waals surface area contributed by atoms with Crippen LogP contribution in [0.15, 0.2) is 48.5 Å². The molecule has 2 aliphatic rings. The minimum absolute atomic E-state index is 0.0432. The monoisotopic (exact) mass is 396 g/mol. The van der Waals surface area contributed by atoms with Gasteiger partial charge in [-0.3, -0.25) is 9.69 Å². The number of aliphatic hydroxyl groups is 2. The zero-order valence-electron chi connectivity index (χ0n) is 16.5. The summed E-state index contributed by atoms with van der Waals surface area (Å²) >= 11 is 0. The summed E-state index contributed by atoms with van der Waals surface area (Å²) in [6.07, 6.45) is 1.45. The Morgan fingerprint density at radius 3 is 2.79 bits per heavy atom. The average Bonchev–Trinajstić information content (AvgIpc) is 3.17. The van der Waals surface area contributed by atoms with Gasteiger partial charge in [-0.1, -0.05) is 30.3 Å². The Morgan fingerprint density at radius 2 is 2.00 bits per heavy atom. The molecular weight excluding hydrogens is 368 g/mol. The number of rotatable bonds is 7. The topological polar surface area (TPSA) is 82.0 Å². The van der Waals surface area contributed by atoms with Crippen LogP contribution in [0, 0.1) is 0 Å². The first-order valence-electron chi connectivity index (χ1n) is 10.2. The number of aryl methyl sites for hydroxylation is 1. The van der Waals surface area contributed by atoms with Gasteiger partial charge in [0, 0.05) is 30.6 Å². The highest BCUT2D eigenvalue weighted by molar-refractivity contribution is 5.93. The number of carbonyl (C=O) groups excluding carboxylic acids is 1. The number of hydrogen-bond acceptors (Lipinski definition) is 5. The third-order valence-corrected chi connectivity index (χ3v) is 6.01. The Hall–Kier alpha value is -2.41. The summed E-state index contributed by atoms with van der Waals surface area (Å²) in [4.78, 5) is 13.6. The van der Waals surface area contributed by atoms with Crippen molar-refractivity contribution >= 4 is 11.6 Å². The SMILES string of the molecule is O=C1CCc2cc(OCC(O)CN3CCC(CO)(c4ccccc4)C3)ccc2N1. The third-order valence-electron chi connectivity index (χ3n) is 6.01. The number of carbonyl (C=O) groups is 1. The van der Waals surface area contributed by atoms with Crippen molar-refractivity contribution in [1.82, 2.24) is 4.90 Å². The van der Waals surface area contributed by atoms with E-state index in [0.29, 0.717) is 25.1 Å². The lowest BCUT2D eigenvalue weighted by Gasteiger charge is -2.28. The summed E-state index contributed by atoms with van der Waals surface area (Å²) in [7, 11) is 0. The predicted octanol–water partition coefficient (Wildman–Crippen LogP) is 1.95. The van der Waals surface area contributed by atoms with E-state index >= 15 is 0 Å². The fraction of sp³-hybridized carbons (Fsp3) is 0.435. The van der Waals surface area contributed by atoms with Gasteiger partial charge in [-0.15, -0.1) is 0 Å². The predicted molar refractivity (Wildman–Crippen MR) is 111 cm³/mol. The van der Waals surface area contributed by atoms with Crippen LogP contribution in [0.1, 0.15) is 24.0 Å². The third kappa shape index (κ3) is 4.45. The van der Waals surface area contributed by atoms with E-state index in [9.17, 15) is 15.0 Å². The van der Waals surface area contributed by atoms with Crippen LogP contribution in [0.4, 0.5) is 5.69 Å². The second-order valence-electron chi connectivity index (χ2n) is 8.12. The molecule has 0 aliphatic carbocycles. The highest BCUT2D eigenvalue weighted by Crippen LogP contribution is 2.34. The van der Waals surface area contributed by atoms with Crippen molar-refractivity contribution < 1.29 is 19.7 Å². The molecule has 6 heteroatoms. The molecule has 29 heavy (non-hydrogen) atoms. The molecule has 1 saturated heterocycles. The van der Waals surface area contributed by atoms with E-state index in [-0.39, 0.29) is 24.5 Å². The maximum atomic E-state index is 11.5. The molecule has 0 spiro atoms. The van der Waals surface area contributed by atoms with Gasteiger partial charge >= 0.3 is 0 Å². The molecule has 2 aliphatic heterocycles. The van der Waals surface area contributed by atoms with Gasteiger partial charge in [0.15, 0.2) is 0 Å². The average molecular weight is 396 g/mol. The lowest BCUT2D eigenvalue weighted by Crippen LogP contribution is -2.38. The lowest BCUT2D eigenvalue weighted by atomic mass is 9.80. The van der Waals surface area contributed by atoms with Crippen molar-refractivity contribution in [2.24, 2.45) is 0 Å². The first kappa shape index (κ1) is 19.9. The Morgan fingerprint density at radius 1 is 1.17 bits per heavy atom. The number of aliphatic hydroxyl groups excluding tert-OH is 2. The van der Waals surface area contributed by atoms with Crippen molar-refractivity contribution in [3.05, 3.63) is 59.7 Å². The lowest BCUT2D eigenvalue weighted by molar-refractivity contribution is -0.116. The normalized spacial score (nSPS) is 22.8. The van der Waals surface area contributed by atoms with Gasteiger partial charge in [0.2, 0.25) is 5.91 Å². The number of anilines is 1. The Bertz CT molecular complexity index is 857. The second-order valence-corrected chi connectivity index (χ2v) is 8.12. The fourth-order valence-corrected chi connectivity index (χ4v) is 4.35. The van der Waals surface area contributed by atoms with Crippen LogP contribution in [0.25, 0.3) is 0 Å². The Labute approximate surface area is 171 Å². The van der Waals surface area contributed by atoms with Crippen LogP contribution in [0.5, 0.6) is 5.75 Å². The van der Waals surface area contributed by atoms with Crippen molar-refractivity contribution in [3.63, 3.8) is 0 Å². The Balaban J connectivity index is 1.30. The number of nitrogens with one attached hydrogen (secondary N) is 1. The summed E-state index contributed by atoms with van der Waals surface area (Å²) in [5.41, 5.74) is 2.79. The molecule has 0 bridgehead atoms. The smallest absolute Gasteiger partial charge is 0.224 e. The van der Waals surface area contributed by atoms with E-state index in [1.807, 2.05) is 36.4 Å². The number of benzene rings is 2. The van der Waals surface area contributed by atoms with E-state index in [2.05, 4.69) is 22.3 Å². The van der Waals surface area contributed by atoms with E-state index in [0.717, 1.165) is 36.3 Å².